The highest BCUT2D eigenvalue weighted by Crippen LogP contribution is 2.25. The summed E-state index contributed by atoms with van der Waals surface area (Å²) in [4.78, 5) is 2.70. The van der Waals surface area contributed by atoms with E-state index in [4.69, 9.17) is 27.4 Å². The van der Waals surface area contributed by atoms with E-state index >= 15 is 0 Å². The van der Waals surface area contributed by atoms with Gasteiger partial charge in [0.2, 0.25) is 0 Å². The average molecular weight is 345 g/mol. The minimum absolute atomic E-state index is 0.151. The summed E-state index contributed by atoms with van der Waals surface area (Å²) >= 11 is 8.48. The molecular formula is C13H17BrN2O2S. The lowest BCUT2D eigenvalue weighted by Crippen LogP contribution is -2.47. The Kier molecular flexibility index (Phi) is 5.15. The molecule has 1 aromatic carbocycles. The quantitative estimate of drug-likeness (QED) is 0.846. The van der Waals surface area contributed by atoms with Crippen LogP contribution >= 0.6 is 28.1 Å². The maximum Gasteiger partial charge on any atom is 0.123 e. The Morgan fingerprint density at radius 1 is 1.63 bits per heavy atom. The van der Waals surface area contributed by atoms with Crippen LogP contribution in [-0.4, -0.2) is 42.8 Å². The molecular weight excluding hydrogens is 328 g/mol. The summed E-state index contributed by atoms with van der Waals surface area (Å²) < 4.78 is 12.0. The van der Waals surface area contributed by atoms with Gasteiger partial charge in [-0.3, -0.25) is 4.90 Å². The SMILES string of the molecule is COc1ccc(Br)cc1CN1CCOC(C(N)=S)C1. The number of halogens is 1. The second-order valence-electron chi connectivity index (χ2n) is 4.45. The standard InChI is InChI=1S/C13H17BrN2O2S/c1-17-11-3-2-10(14)6-9(11)7-16-4-5-18-12(8-16)13(15)19/h2-3,6,12H,4-5,7-8H2,1H3,(H2,15,19). The molecule has 6 heteroatoms. The van der Waals surface area contributed by atoms with Crippen LogP contribution in [0.4, 0.5) is 0 Å². The Morgan fingerprint density at radius 3 is 3.11 bits per heavy atom. The summed E-state index contributed by atoms with van der Waals surface area (Å²) in [5.41, 5.74) is 6.79. The zero-order valence-electron chi connectivity index (χ0n) is 10.8. The van der Waals surface area contributed by atoms with Gasteiger partial charge in [-0.05, 0) is 18.2 Å². The highest BCUT2D eigenvalue weighted by molar-refractivity contribution is 9.10. The Bertz CT molecular complexity index is 470. The van der Waals surface area contributed by atoms with E-state index in [0.717, 1.165) is 35.4 Å². The number of nitrogens with two attached hydrogens (primary N) is 1. The van der Waals surface area contributed by atoms with Crippen molar-refractivity contribution in [3.05, 3.63) is 28.2 Å². The van der Waals surface area contributed by atoms with Gasteiger partial charge in [-0.1, -0.05) is 28.1 Å². The van der Waals surface area contributed by atoms with Crippen molar-refractivity contribution in [3.63, 3.8) is 0 Å². The number of benzene rings is 1. The summed E-state index contributed by atoms with van der Waals surface area (Å²) in [5.74, 6) is 0.890. The van der Waals surface area contributed by atoms with Crippen molar-refractivity contribution in [1.82, 2.24) is 4.90 Å². The van der Waals surface area contributed by atoms with Crippen molar-refractivity contribution >= 4 is 33.1 Å². The van der Waals surface area contributed by atoms with E-state index in [2.05, 4.69) is 26.9 Å². The lowest BCUT2D eigenvalue weighted by Gasteiger charge is -2.32. The minimum Gasteiger partial charge on any atom is -0.496 e. The first-order valence-corrected chi connectivity index (χ1v) is 7.26. The van der Waals surface area contributed by atoms with Crippen LogP contribution in [-0.2, 0) is 11.3 Å². The summed E-state index contributed by atoms with van der Waals surface area (Å²) in [6, 6.07) is 6.01. The lowest BCUT2D eigenvalue weighted by atomic mass is 10.1. The molecule has 2 N–H and O–H groups in total. The van der Waals surface area contributed by atoms with Gasteiger partial charge in [0.1, 0.15) is 16.8 Å². The van der Waals surface area contributed by atoms with Gasteiger partial charge in [-0.15, -0.1) is 0 Å². The van der Waals surface area contributed by atoms with Gasteiger partial charge < -0.3 is 15.2 Å². The summed E-state index contributed by atoms with van der Waals surface area (Å²) in [5, 5.41) is 0. The number of ether oxygens (including phenoxy) is 2. The Labute approximate surface area is 127 Å². The zero-order chi connectivity index (χ0) is 13.8. The van der Waals surface area contributed by atoms with Gasteiger partial charge in [0, 0.05) is 29.7 Å². The molecule has 4 nitrogen and oxygen atoms in total. The third kappa shape index (κ3) is 3.89. The first kappa shape index (κ1) is 14.7. The van der Waals surface area contributed by atoms with Crippen LogP contribution in [0.5, 0.6) is 5.75 Å². The van der Waals surface area contributed by atoms with Crippen molar-refractivity contribution in [1.29, 1.82) is 0 Å². The van der Waals surface area contributed by atoms with Crippen molar-refractivity contribution in [3.8, 4) is 5.75 Å². The topological polar surface area (TPSA) is 47.7 Å². The van der Waals surface area contributed by atoms with Gasteiger partial charge in [0.15, 0.2) is 0 Å². The third-order valence-corrected chi connectivity index (χ3v) is 3.86. The maximum absolute atomic E-state index is 5.65. The number of methoxy groups -OCH3 is 1. The molecule has 1 heterocycles. The summed E-state index contributed by atoms with van der Waals surface area (Å²) in [6.07, 6.45) is -0.151. The van der Waals surface area contributed by atoms with Crippen LogP contribution in [0.15, 0.2) is 22.7 Å². The van der Waals surface area contributed by atoms with Crippen LogP contribution in [0.2, 0.25) is 0 Å². The lowest BCUT2D eigenvalue weighted by molar-refractivity contribution is 0.00367. The molecule has 0 saturated carbocycles. The third-order valence-electron chi connectivity index (χ3n) is 3.10. The molecule has 19 heavy (non-hydrogen) atoms. The molecule has 1 aliphatic rings. The second kappa shape index (κ2) is 6.65. The van der Waals surface area contributed by atoms with Crippen molar-refractivity contribution < 1.29 is 9.47 Å². The minimum atomic E-state index is -0.151. The summed E-state index contributed by atoms with van der Waals surface area (Å²) in [7, 11) is 1.68. The molecule has 0 bridgehead atoms. The molecule has 1 aromatic rings. The van der Waals surface area contributed by atoms with Gasteiger partial charge in [0.25, 0.3) is 0 Å². The van der Waals surface area contributed by atoms with Crippen LogP contribution in [0.25, 0.3) is 0 Å². The second-order valence-corrected chi connectivity index (χ2v) is 5.84. The van der Waals surface area contributed by atoms with Crippen LogP contribution in [0.3, 0.4) is 0 Å². The highest BCUT2D eigenvalue weighted by atomic mass is 79.9. The highest BCUT2D eigenvalue weighted by Gasteiger charge is 2.23. The zero-order valence-corrected chi connectivity index (χ0v) is 13.2. The van der Waals surface area contributed by atoms with Crippen molar-refractivity contribution in [2.45, 2.75) is 12.6 Å². The Morgan fingerprint density at radius 2 is 2.42 bits per heavy atom. The van der Waals surface area contributed by atoms with Crippen LogP contribution in [0.1, 0.15) is 5.56 Å². The number of hydrogen-bond donors (Lipinski definition) is 1. The first-order chi connectivity index (χ1) is 9.10. The normalized spacial score (nSPS) is 20.2. The van der Waals surface area contributed by atoms with Crippen molar-refractivity contribution in [2.75, 3.05) is 26.8 Å². The number of morpholine rings is 1. The molecule has 1 aliphatic heterocycles. The van der Waals surface area contributed by atoms with Gasteiger partial charge in [-0.2, -0.15) is 0 Å². The van der Waals surface area contributed by atoms with Gasteiger partial charge in [-0.25, -0.2) is 0 Å². The molecule has 1 saturated heterocycles. The fraction of sp³-hybridized carbons (Fsp3) is 0.462. The smallest absolute Gasteiger partial charge is 0.123 e. The molecule has 0 radical (unpaired) electrons. The largest absolute Gasteiger partial charge is 0.496 e. The number of thiocarbonyl (C=S) groups is 1. The number of rotatable bonds is 4. The van der Waals surface area contributed by atoms with E-state index in [1.54, 1.807) is 7.11 Å². The molecule has 104 valence electrons. The maximum atomic E-state index is 5.65. The van der Waals surface area contributed by atoms with Crippen molar-refractivity contribution in [2.24, 2.45) is 5.73 Å². The molecule has 2 rings (SSSR count). The van der Waals surface area contributed by atoms with E-state index < -0.39 is 0 Å². The van der Waals surface area contributed by atoms with Gasteiger partial charge in [0.05, 0.1) is 13.7 Å². The predicted octanol–water partition coefficient (Wildman–Crippen LogP) is 1.94. The summed E-state index contributed by atoms with van der Waals surface area (Å²) in [6.45, 7) is 3.04. The van der Waals surface area contributed by atoms with E-state index in [-0.39, 0.29) is 6.10 Å². The number of hydrogen-bond acceptors (Lipinski definition) is 4. The molecule has 0 aliphatic carbocycles. The molecule has 1 unspecified atom stereocenters. The monoisotopic (exact) mass is 344 g/mol. The van der Waals surface area contributed by atoms with E-state index in [1.165, 1.54) is 0 Å². The van der Waals surface area contributed by atoms with E-state index in [9.17, 15) is 0 Å². The number of nitrogens with zero attached hydrogens (tertiary/aromatic N) is 1. The molecule has 0 amide bonds. The fourth-order valence-electron chi connectivity index (χ4n) is 2.13. The molecule has 0 aromatic heterocycles. The molecule has 1 atom stereocenters. The van der Waals surface area contributed by atoms with Crippen LogP contribution in [0, 0.1) is 0 Å². The average Bonchev–Trinajstić information content (AvgIpc) is 2.39. The first-order valence-electron chi connectivity index (χ1n) is 6.06. The van der Waals surface area contributed by atoms with Crippen LogP contribution < -0.4 is 10.5 Å². The van der Waals surface area contributed by atoms with E-state index in [1.807, 2.05) is 12.1 Å². The predicted molar refractivity (Wildman–Crippen MR) is 82.5 cm³/mol. The fourth-order valence-corrected chi connectivity index (χ4v) is 2.68. The van der Waals surface area contributed by atoms with Gasteiger partial charge >= 0.3 is 0 Å². The van der Waals surface area contributed by atoms with E-state index in [0.29, 0.717) is 11.6 Å². The molecule has 1 fully saturated rings. The molecule has 0 spiro atoms. The Balaban J connectivity index is 2.08. The Hall–Kier alpha value is -0.690.